The monoisotopic (exact) mass is 237 g/mol. The van der Waals surface area contributed by atoms with Gasteiger partial charge in [0.2, 0.25) is 5.95 Å². The SMILES string of the molecule is CC.CC.Nc1cnc(-n2cccn2)[nH]c1=O. The van der Waals surface area contributed by atoms with Crippen LogP contribution < -0.4 is 11.3 Å². The third kappa shape index (κ3) is 4.10. The Labute approximate surface area is 101 Å². The molecule has 94 valence electrons. The molecule has 17 heavy (non-hydrogen) atoms. The predicted octanol–water partition coefficient (Wildman–Crippen LogP) is 1.59. The molecular weight excluding hydrogens is 218 g/mol. The highest BCUT2D eigenvalue weighted by Gasteiger charge is 1.99. The van der Waals surface area contributed by atoms with Crippen molar-refractivity contribution < 1.29 is 0 Å². The molecule has 0 atom stereocenters. The van der Waals surface area contributed by atoms with E-state index in [0.29, 0.717) is 5.95 Å². The number of hydrogen-bond acceptors (Lipinski definition) is 4. The summed E-state index contributed by atoms with van der Waals surface area (Å²) in [6.07, 6.45) is 4.57. The van der Waals surface area contributed by atoms with E-state index in [1.54, 1.807) is 18.5 Å². The van der Waals surface area contributed by atoms with E-state index >= 15 is 0 Å². The van der Waals surface area contributed by atoms with E-state index < -0.39 is 0 Å². The Balaban J connectivity index is 0.000000581. The lowest BCUT2D eigenvalue weighted by molar-refractivity contribution is 0.802. The molecule has 0 aliphatic heterocycles. The third-order valence-electron chi connectivity index (χ3n) is 1.53. The smallest absolute Gasteiger partial charge is 0.275 e. The first-order chi connectivity index (χ1) is 8.27. The maximum absolute atomic E-state index is 11.1. The van der Waals surface area contributed by atoms with Gasteiger partial charge in [0.15, 0.2) is 0 Å². The summed E-state index contributed by atoms with van der Waals surface area (Å²) in [5.41, 5.74) is 5.04. The van der Waals surface area contributed by atoms with Crippen molar-refractivity contribution in [3.05, 3.63) is 35.0 Å². The molecule has 2 heterocycles. The molecule has 2 rings (SSSR count). The Morgan fingerprint density at radius 1 is 1.29 bits per heavy atom. The first kappa shape index (κ1) is 14.9. The van der Waals surface area contributed by atoms with Crippen LogP contribution in [-0.2, 0) is 0 Å². The van der Waals surface area contributed by atoms with E-state index in [9.17, 15) is 4.79 Å². The molecule has 0 bridgehead atoms. The van der Waals surface area contributed by atoms with Gasteiger partial charge in [0, 0.05) is 12.4 Å². The Bertz CT molecular complexity index is 461. The van der Waals surface area contributed by atoms with Gasteiger partial charge in [0.05, 0.1) is 6.20 Å². The number of rotatable bonds is 1. The molecule has 0 aliphatic carbocycles. The number of nitrogen functional groups attached to an aromatic ring is 1. The molecule has 0 fully saturated rings. The number of aromatic nitrogens is 4. The summed E-state index contributed by atoms with van der Waals surface area (Å²) in [4.78, 5) is 17.5. The van der Waals surface area contributed by atoms with Gasteiger partial charge >= 0.3 is 0 Å². The number of aromatic amines is 1. The minimum Gasteiger partial charge on any atom is -0.393 e. The molecule has 0 spiro atoms. The number of nitrogens with zero attached hydrogens (tertiary/aromatic N) is 3. The average Bonchev–Trinajstić information content (AvgIpc) is 2.91. The van der Waals surface area contributed by atoms with Crippen molar-refractivity contribution in [2.45, 2.75) is 27.7 Å². The van der Waals surface area contributed by atoms with E-state index in [1.165, 1.54) is 10.9 Å². The van der Waals surface area contributed by atoms with Crippen molar-refractivity contribution >= 4 is 5.69 Å². The largest absolute Gasteiger partial charge is 0.393 e. The van der Waals surface area contributed by atoms with E-state index in [4.69, 9.17) is 5.73 Å². The van der Waals surface area contributed by atoms with Crippen LogP contribution in [-0.4, -0.2) is 19.7 Å². The van der Waals surface area contributed by atoms with Crippen molar-refractivity contribution in [2.24, 2.45) is 0 Å². The molecule has 0 aromatic carbocycles. The average molecular weight is 237 g/mol. The highest BCUT2D eigenvalue weighted by molar-refractivity contribution is 5.32. The van der Waals surface area contributed by atoms with Crippen molar-refractivity contribution in [3.8, 4) is 5.95 Å². The zero-order chi connectivity index (χ0) is 13.3. The summed E-state index contributed by atoms with van der Waals surface area (Å²) in [5, 5.41) is 3.90. The lowest BCUT2D eigenvalue weighted by Crippen LogP contribution is -2.16. The van der Waals surface area contributed by atoms with E-state index in [2.05, 4.69) is 15.1 Å². The number of hydrogen-bond donors (Lipinski definition) is 2. The molecule has 0 radical (unpaired) electrons. The van der Waals surface area contributed by atoms with Crippen molar-refractivity contribution in [1.29, 1.82) is 0 Å². The van der Waals surface area contributed by atoms with Crippen LogP contribution in [0.1, 0.15) is 27.7 Å². The minimum atomic E-state index is -0.361. The van der Waals surface area contributed by atoms with Crippen LogP contribution in [0.3, 0.4) is 0 Å². The molecule has 0 unspecified atom stereocenters. The molecule has 2 aromatic rings. The molecule has 2 aromatic heterocycles. The van der Waals surface area contributed by atoms with Gasteiger partial charge in [-0.25, -0.2) is 9.67 Å². The van der Waals surface area contributed by atoms with Crippen molar-refractivity contribution in [1.82, 2.24) is 19.7 Å². The summed E-state index contributed by atoms with van der Waals surface area (Å²) in [6, 6.07) is 1.73. The Hall–Kier alpha value is -2.11. The van der Waals surface area contributed by atoms with Crippen LogP contribution in [0.25, 0.3) is 5.95 Å². The standard InChI is InChI=1S/C7H7N5O.2C2H6/c8-5-4-9-7(11-6(5)13)12-3-1-2-10-12;2*1-2/h1-4H,8H2,(H,9,11,13);2*1-2H3. The summed E-state index contributed by atoms with van der Waals surface area (Å²) >= 11 is 0. The normalized spacial score (nSPS) is 8.47. The van der Waals surface area contributed by atoms with E-state index in [-0.39, 0.29) is 11.2 Å². The highest BCUT2D eigenvalue weighted by atomic mass is 16.1. The maximum atomic E-state index is 11.1. The molecule has 3 N–H and O–H groups in total. The number of anilines is 1. The fraction of sp³-hybridized carbons (Fsp3) is 0.364. The number of nitrogens with one attached hydrogen (secondary N) is 1. The Morgan fingerprint density at radius 3 is 2.41 bits per heavy atom. The predicted molar refractivity (Wildman–Crippen MR) is 69.1 cm³/mol. The topological polar surface area (TPSA) is 89.6 Å². The number of H-pyrrole nitrogens is 1. The zero-order valence-electron chi connectivity index (χ0n) is 10.6. The lowest BCUT2D eigenvalue weighted by atomic mass is 10.5. The van der Waals surface area contributed by atoms with Gasteiger partial charge in [-0.1, -0.05) is 27.7 Å². The molecule has 6 heteroatoms. The molecule has 0 amide bonds. The van der Waals surface area contributed by atoms with Gasteiger partial charge in [-0.05, 0) is 6.07 Å². The molecule has 0 aliphatic rings. The van der Waals surface area contributed by atoms with Crippen LogP contribution in [0, 0.1) is 0 Å². The second-order valence-electron chi connectivity index (χ2n) is 2.44. The first-order valence-electron chi connectivity index (χ1n) is 5.62. The summed E-state index contributed by atoms with van der Waals surface area (Å²) in [6.45, 7) is 8.00. The second-order valence-corrected chi connectivity index (χ2v) is 2.44. The van der Waals surface area contributed by atoms with Gasteiger partial charge < -0.3 is 5.73 Å². The fourth-order valence-electron chi connectivity index (χ4n) is 0.906. The van der Waals surface area contributed by atoms with Gasteiger partial charge in [0.1, 0.15) is 5.69 Å². The Morgan fingerprint density at radius 2 is 1.94 bits per heavy atom. The quantitative estimate of drug-likeness (QED) is 0.788. The van der Waals surface area contributed by atoms with Crippen molar-refractivity contribution in [3.63, 3.8) is 0 Å². The van der Waals surface area contributed by atoms with Crippen LogP contribution in [0.2, 0.25) is 0 Å². The van der Waals surface area contributed by atoms with E-state index in [1.807, 2.05) is 27.7 Å². The molecule has 6 nitrogen and oxygen atoms in total. The van der Waals surface area contributed by atoms with Crippen molar-refractivity contribution in [2.75, 3.05) is 5.73 Å². The van der Waals surface area contributed by atoms with Crippen LogP contribution in [0.15, 0.2) is 29.5 Å². The summed E-state index contributed by atoms with van der Waals surface area (Å²) in [7, 11) is 0. The van der Waals surface area contributed by atoms with Crippen LogP contribution in [0.4, 0.5) is 5.69 Å². The molecule has 0 saturated carbocycles. The Kier molecular flexibility index (Phi) is 7.09. The maximum Gasteiger partial charge on any atom is 0.275 e. The number of nitrogens with two attached hydrogens (primary N) is 1. The summed E-state index contributed by atoms with van der Waals surface area (Å²) < 4.78 is 1.45. The van der Waals surface area contributed by atoms with Gasteiger partial charge in [0.25, 0.3) is 5.56 Å². The third-order valence-corrected chi connectivity index (χ3v) is 1.53. The van der Waals surface area contributed by atoms with Gasteiger partial charge in [-0.2, -0.15) is 5.10 Å². The fourth-order valence-corrected chi connectivity index (χ4v) is 0.906. The van der Waals surface area contributed by atoms with Crippen LogP contribution in [0.5, 0.6) is 0 Å². The molecular formula is C11H19N5O. The zero-order valence-corrected chi connectivity index (χ0v) is 10.6. The van der Waals surface area contributed by atoms with Crippen LogP contribution >= 0.6 is 0 Å². The molecule has 0 saturated heterocycles. The van der Waals surface area contributed by atoms with E-state index in [0.717, 1.165) is 0 Å². The van der Waals surface area contributed by atoms with Gasteiger partial charge in [-0.3, -0.25) is 9.78 Å². The lowest BCUT2D eigenvalue weighted by Gasteiger charge is -1.98. The highest BCUT2D eigenvalue weighted by Crippen LogP contribution is 1.95. The second kappa shape index (κ2) is 8.09. The first-order valence-corrected chi connectivity index (χ1v) is 5.62. The van der Waals surface area contributed by atoms with Gasteiger partial charge in [-0.15, -0.1) is 0 Å². The summed E-state index contributed by atoms with van der Waals surface area (Å²) in [5.74, 6) is 0.351. The minimum absolute atomic E-state index is 0.0934.